The third-order valence-electron chi connectivity index (χ3n) is 3.78. The zero-order valence-electron chi connectivity index (χ0n) is 12.8. The zero-order valence-corrected chi connectivity index (χ0v) is 12.8. The van der Waals surface area contributed by atoms with Gasteiger partial charge in [0.1, 0.15) is 0 Å². The first-order chi connectivity index (χ1) is 10.2. The number of hydrogen-bond donors (Lipinski definition) is 0. The van der Waals surface area contributed by atoms with E-state index in [0.717, 1.165) is 5.69 Å². The lowest BCUT2D eigenvalue weighted by Crippen LogP contribution is -2.28. The molecule has 1 aliphatic carbocycles. The van der Waals surface area contributed by atoms with Crippen LogP contribution in [0.25, 0.3) is 0 Å². The highest BCUT2D eigenvalue weighted by Gasteiger charge is 2.16. The molecule has 5 nitrogen and oxygen atoms in total. The average Bonchev–Trinajstić information content (AvgIpc) is 2.54. The molecule has 0 aromatic heterocycles. The molecule has 1 aromatic rings. The minimum atomic E-state index is -0.305. The van der Waals surface area contributed by atoms with Crippen molar-refractivity contribution in [3.8, 4) is 0 Å². The Kier molecular flexibility index (Phi) is 5.72. The van der Waals surface area contributed by atoms with Crippen LogP contribution in [-0.4, -0.2) is 30.7 Å². The van der Waals surface area contributed by atoms with E-state index in [1.807, 2.05) is 12.1 Å². The normalized spacial score (nSPS) is 16.1. The molecule has 0 amide bonds. The first-order valence-corrected chi connectivity index (χ1v) is 7.62. The molecule has 0 radical (unpaired) electrons. The molecule has 0 saturated heterocycles. The molecule has 0 atom stereocenters. The van der Waals surface area contributed by atoms with Crippen LogP contribution in [-0.2, 0) is 4.74 Å². The summed E-state index contributed by atoms with van der Waals surface area (Å²) in [6.45, 7) is 2.17. The van der Waals surface area contributed by atoms with Crippen molar-refractivity contribution in [2.24, 2.45) is 10.3 Å². The van der Waals surface area contributed by atoms with Crippen LogP contribution in [0.3, 0.4) is 0 Å². The molecule has 1 fully saturated rings. The molecular formula is C16H23N3O2. The Hall–Kier alpha value is -1.91. The second-order valence-corrected chi connectivity index (χ2v) is 5.32. The molecule has 0 unspecified atom stereocenters. The van der Waals surface area contributed by atoms with Gasteiger partial charge in [0.25, 0.3) is 0 Å². The van der Waals surface area contributed by atoms with Crippen molar-refractivity contribution >= 4 is 11.7 Å². The van der Waals surface area contributed by atoms with Crippen LogP contribution < -0.4 is 0 Å². The van der Waals surface area contributed by atoms with Crippen molar-refractivity contribution in [1.82, 2.24) is 5.01 Å². The molecule has 1 saturated carbocycles. The zero-order chi connectivity index (χ0) is 15.1. The van der Waals surface area contributed by atoms with Crippen LogP contribution in [0.4, 0.5) is 5.69 Å². The third kappa shape index (κ3) is 4.55. The molecule has 0 aliphatic heterocycles. The summed E-state index contributed by atoms with van der Waals surface area (Å²) in [5.41, 5.74) is 1.28. The predicted octanol–water partition coefficient (Wildman–Crippen LogP) is 4.13. The van der Waals surface area contributed by atoms with E-state index >= 15 is 0 Å². The van der Waals surface area contributed by atoms with Crippen molar-refractivity contribution in [3.05, 3.63) is 29.8 Å². The Morgan fingerprint density at radius 1 is 1.24 bits per heavy atom. The van der Waals surface area contributed by atoms with E-state index in [9.17, 15) is 4.79 Å². The number of carbonyl (C=O) groups excluding carboxylic acids is 1. The maximum Gasteiger partial charge on any atom is 0.338 e. The fraction of sp³-hybridized carbons (Fsp3) is 0.562. The molecule has 5 heteroatoms. The standard InChI is InChI=1S/C16H23N3O2/c1-3-21-16(20)13-9-11-14(12-10-13)17-18-19(2)15-7-5-4-6-8-15/h9-12,15H,3-8H2,1-2H3. The van der Waals surface area contributed by atoms with Gasteiger partial charge in [0, 0.05) is 13.1 Å². The van der Waals surface area contributed by atoms with E-state index in [0.29, 0.717) is 18.2 Å². The topological polar surface area (TPSA) is 54.3 Å². The molecular weight excluding hydrogens is 266 g/mol. The molecule has 1 aliphatic rings. The van der Waals surface area contributed by atoms with Crippen molar-refractivity contribution in [3.63, 3.8) is 0 Å². The van der Waals surface area contributed by atoms with E-state index < -0.39 is 0 Å². The van der Waals surface area contributed by atoms with E-state index in [4.69, 9.17) is 4.74 Å². The summed E-state index contributed by atoms with van der Waals surface area (Å²) in [6.07, 6.45) is 6.27. The van der Waals surface area contributed by atoms with Crippen molar-refractivity contribution in [2.45, 2.75) is 45.1 Å². The highest BCUT2D eigenvalue weighted by Crippen LogP contribution is 2.22. The molecule has 0 N–H and O–H groups in total. The number of rotatable bonds is 5. The van der Waals surface area contributed by atoms with Crippen molar-refractivity contribution < 1.29 is 9.53 Å². The van der Waals surface area contributed by atoms with E-state index in [-0.39, 0.29) is 5.97 Å². The Morgan fingerprint density at radius 3 is 2.52 bits per heavy atom. The first kappa shape index (κ1) is 15.5. The summed E-state index contributed by atoms with van der Waals surface area (Å²) in [5, 5.41) is 10.5. The second-order valence-electron chi connectivity index (χ2n) is 5.32. The van der Waals surface area contributed by atoms with Gasteiger partial charge in [-0.15, -0.1) is 5.11 Å². The summed E-state index contributed by atoms with van der Waals surface area (Å²) >= 11 is 0. The maximum absolute atomic E-state index is 11.5. The number of benzene rings is 1. The van der Waals surface area contributed by atoms with Gasteiger partial charge < -0.3 is 4.74 Å². The van der Waals surface area contributed by atoms with Crippen LogP contribution in [0.15, 0.2) is 34.6 Å². The molecule has 0 heterocycles. The predicted molar refractivity (Wildman–Crippen MR) is 81.6 cm³/mol. The SMILES string of the molecule is CCOC(=O)c1ccc(N=NN(C)C2CCCCC2)cc1. The summed E-state index contributed by atoms with van der Waals surface area (Å²) in [7, 11) is 1.98. The van der Waals surface area contributed by atoms with Gasteiger partial charge in [0.15, 0.2) is 0 Å². The van der Waals surface area contributed by atoms with Gasteiger partial charge in [-0.25, -0.2) is 4.79 Å². The fourth-order valence-electron chi connectivity index (χ4n) is 2.53. The molecule has 2 rings (SSSR count). The van der Waals surface area contributed by atoms with Gasteiger partial charge in [-0.05, 0) is 44.0 Å². The van der Waals surface area contributed by atoms with Gasteiger partial charge in [-0.2, -0.15) is 0 Å². The summed E-state index contributed by atoms with van der Waals surface area (Å²) in [5.74, 6) is -0.305. The van der Waals surface area contributed by atoms with Crippen LogP contribution in [0.1, 0.15) is 49.4 Å². The van der Waals surface area contributed by atoms with Crippen LogP contribution in [0, 0.1) is 0 Å². The number of nitrogens with zero attached hydrogens (tertiary/aromatic N) is 3. The maximum atomic E-state index is 11.5. The Bertz CT molecular complexity index is 479. The quantitative estimate of drug-likeness (QED) is 0.465. The van der Waals surface area contributed by atoms with Crippen LogP contribution in [0.5, 0.6) is 0 Å². The van der Waals surface area contributed by atoms with Gasteiger partial charge in [0.2, 0.25) is 0 Å². The summed E-state index contributed by atoms with van der Waals surface area (Å²) in [6, 6.07) is 7.50. The molecule has 114 valence electrons. The number of ether oxygens (including phenoxy) is 1. The molecule has 21 heavy (non-hydrogen) atoms. The van der Waals surface area contributed by atoms with E-state index in [1.54, 1.807) is 31.2 Å². The first-order valence-electron chi connectivity index (χ1n) is 7.62. The molecule has 1 aromatic carbocycles. The molecule has 0 spiro atoms. The number of esters is 1. The fourth-order valence-corrected chi connectivity index (χ4v) is 2.53. The van der Waals surface area contributed by atoms with Gasteiger partial charge in [-0.1, -0.05) is 24.5 Å². The van der Waals surface area contributed by atoms with Gasteiger partial charge in [-0.3, -0.25) is 5.01 Å². The second kappa shape index (κ2) is 7.76. The highest BCUT2D eigenvalue weighted by molar-refractivity contribution is 5.89. The lowest BCUT2D eigenvalue weighted by molar-refractivity contribution is 0.0526. The number of carbonyl (C=O) groups is 1. The highest BCUT2D eigenvalue weighted by atomic mass is 16.5. The minimum absolute atomic E-state index is 0.305. The van der Waals surface area contributed by atoms with Crippen LogP contribution in [0.2, 0.25) is 0 Å². The van der Waals surface area contributed by atoms with Crippen molar-refractivity contribution in [2.75, 3.05) is 13.7 Å². The Morgan fingerprint density at radius 2 is 1.90 bits per heavy atom. The van der Waals surface area contributed by atoms with E-state index in [2.05, 4.69) is 10.3 Å². The lowest BCUT2D eigenvalue weighted by Gasteiger charge is -2.27. The average molecular weight is 289 g/mol. The van der Waals surface area contributed by atoms with Crippen LogP contribution >= 0.6 is 0 Å². The largest absolute Gasteiger partial charge is 0.462 e. The molecule has 0 bridgehead atoms. The van der Waals surface area contributed by atoms with Gasteiger partial charge >= 0.3 is 5.97 Å². The Balaban J connectivity index is 1.92. The Labute approximate surface area is 126 Å². The third-order valence-corrected chi connectivity index (χ3v) is 3.78. The van der Waals surface area contributed by atoms with Crippen molar-refractivity contribution in [1.29, 1.82) is 0 Å². The summed E-state index contributed by atoms with van der Waals surface area (Å²) in [4.78, 5) is 11.5. The monoisotopic (exact) mass is 289 g/mol. The van der Waals surface area contributed by atoms with Gasteiger partial charge in [0.05, 0.1) is 17.9 Å². The number of hydrogen-bond acceptors (Lipinski definition) is 4. The smallest absolute Gasteiger partial charge is 0.338 e. The summed E-state index contributed by atoms with van der Waals surface area (Å²) < 4.78 is 4.94. The van der Waals surface area contributed by atoms with E-state index in [1.165, 1.54) is 32.1 Å². The minimum Gasteiger partial charge on any atom is -0.462 e. The lowest BCUT2D eigenvalue weighted by atomic mass is 9.95.